The number of benzene rings is 1. The topological polar surface area (TPSA) is 54.4 Å². The van der Waals surface area contributed by atoms with E-state index in [2.05, 4.69) is 13.2 Å². The van der Waals surface area contributed by atoms with Gasteiger partial charge in [0.25, 0.3) is 0 Å². The van der Waals surface area contributed by atoms with Gasteiger partial charge in [0, 0.05) is 17.4 Å². The van der Waals surface area contributed by atoms with Crippen molar-refractivity contribution < 1.29 is 14.7 Å². The van der Waals surface area contributed by atoms with Crippen molar-refractivity contribution >= 4 is 11.8 Å². The number of ketones is 1. The van der Waals surface area contributed by atoms with Crippen molar-refractivity contribution in [3.05, 3.63) is 72.9 Å². The van der Waals surface area contributed by atoms with Crippen LogP contribution in [0.25, 0.3) is 0 Å². The van der Waals surface area contributed by atoms with E-state index in [1.54, 1.807) is 49.4 Å². The number of hydrogen-bond donors (Lipinski definition) is 1. The lowest BCUT2D eigenvalue weighted by atomic mass is 9.80. The van der Waals surface area contributed by atoms with Crippen molar-refractivity contribution in [2.24, 2.45) is 11.8 Å². The van der Waals surface area contributed by atoms with Crippen LogP contribution in [0, 0.1) is 11.8 Å². The fourth-order valence-corrected chi connectivity index (χ4v) is 2.30. The zero-order valence-electron chi connectivity index (χ0n) is 12.2. The number of Topliss-reactive ketones (excluding diaryl/α,β-unsaturated/α-hetero) is 1. The first-order chi connectivity index (χ1) is 10.0. The van der Waals surface area contributed by atoms with E-state index in [1.165, 1.54) is 0 Å². The molecule has 1 N–H and O–H groups in total. The molecule has 2 atom stereocenters. The van der Waals surface area contributed by atoms with Crippen LogP contribution < -0.4 is 0 Å². The van der Waals surface area contributed by atoms with Gasteiger partial charge in [-0.05, 0) is 5.57 Å². The van der Waals surface area contributed by atoms with Crippen LogP contribution in [0.5, 0.6) is 0 Å². The summed E-state index contributed by atoms with van der Waals surface area (Å²) in [5.74, 6) is -1.89. The van der Waals surface area contributed by atoms with Crippen LogP contribution in [0.4, 0.5) is 0 Å². The third kappa shape index (κ3) is 4.56. The minimum absolute atomic E-state index is 0.0707. The van der Waals surface area contributed by atoms with Gasteiger partial charge in [0.05, 0.1) is 6.42 Å². The SMILES string of the molecule is C=C/C=C(\C=C)C(CC(=O)O)C(C)C(=O)c1ccccc1. The molecular formula is C18H20O3. The number of carboxylic acid groups (broad SMARTS) is 1. The van der Waals surface area contributed by atoms with Gasteiger partial charge in [-0.1, -0.05) is 68.6 Å². The van der Waals surface area contributed by atoms with E-state index < -0.39 is 17.8 Å². The van der Waals surface area contributed by atoms with Gasteiger partial charge in [-0.25, -0.2) is 0 Å². The molecule has 1 aromatic rings. The fraction of sp³-hybridized carbons (Fsp3) is 0.222. The Morgan fingerprint density at radius 3 is 2.33 bits per heavy atom. The Bertz CT molecular complexity index is 555. The molecule has 0 amide bonds. The van der Waals surface area contributed by atoms with Gasteiger partial charge < -0.3 is 5.11 Å². The Morgan fingerprint density at radius 1 is 1.24 bits per heavy atom. The lowest BCUT2D eigenvalue weighted by Crippen LogP contribution is -2.25. The smallest absolute Gasteiger partial charge is 0.303 e. The highest BCUT2D eigenvalue weighted by atomic mass is 16.4. The van der Waals surface area contributed by atoms with E-state index in [9.17, 15) is 9.59 Å². The molecule has 2 unspecified atom stereocenters. The molecule has 0 spiro atoms. The van der Waals surface area contributed by atoms with E-state index >= 15 is 0 Å². The predicted molar refractivity (Wildman–Crippen MR) is 84.2 cm³/mol. The maximum Gasteiger partial charge on any atom is 0.303 e. The van der Waals surface area contributed by atoms with E-state index in [0.717, 1.165) is 0 Å². The fourth-order valence-electron chi connectivity index (χ4n) is 2.30. The molecular weight excluding hydrogens is 264 g/mol. The highest BCUT2D eigenvalue weighted by Gasteiger charge is 2.28. The van der Waals surface area contributed by atoms with Crippen molar-refractivity contribution in [3.63, 3.8) is 0 Å². The van der Waals surface area contributed by atoms with E-state index in [0.29, 0.717) is 11.1 Å². The van der Waals surface area contributed by atoms with Gasteiger partial charge in [0.15, 0.2) is 5.78 Å². The van der Waals surface area contributed by atoms with Crippen LogP contribution >= 0.6 is 0 Å². The Kier molecular flexibility index (Phi) is 6.34. The molecule has 0 aliphatic rings. The zero-order valence-corrected chi connectivity index (χ0v) is 12.2. The number of carboxylic acids is 1. The van der Waals surface area contributed by atoms with Crippen LogP contribution in [0.3, 0.4) is 0 Å². The van der Waals surface area contributed by atoms with Gasteiger partial charge in [-0.2, -0.15) is 0 Å². The standard InChI is InChI=1S/C18H20O3/c1-4-9-14(5-2)16(12-17(19)20)13(3)18(21)15-10-7-6-8-11-15/h4-11,13,16H,1-2,12H2,3H3,(H,19,20)/b14-9+. The summed E-state index contributed by atoms with van der Waals surface area (Å²) in [7, 11) is 0. The Balaban J connectivity index is 3.10. The molecule has 3 nitrogen and oxygen atoms in total. The molecule has 0 aliphatic heterocycles. The van der Waals surface area contributed by atoms with Gasteiger partial charge in [-0.3, -0.25) is 9.59 Å². The van der Waals surface area contributed by atoms with Crippen LogP contribution in [-0.2, 0) is 4.79 Å². The van der Waals surface area contributed by atoms with Gasteiger partial charge in [0.1, 0.15) is 0 Å². The molecule has 1 rings (SSSR count). The molecule has 0 fully saturated rings. The van der Waals surface area contributed by atoms with E-state index in [1.807, 2.05) is 6.07 Å². The first-order valence-electron chi connectivity index (χ1n) is 6.77. The molecule has 0 radical (unpaired) electrons. The average molecular weight is 284 g/mol. The van der Waals surface area contributed by atoms with Gasteiger partial charge in [-0.15, -0.1) is 0 Å². The second-order valence-corrected chi connectivity index (χ2v) is 4.83. The molecule has 0 aliphatic carbocycles. The normalized spacial score (nSPS) is 14.0. The maximum absolute atomic E-state index is 12.5. The summed E-state index contributed by atoms with van der Waals surface area (Å²) in [6.07, 6.45) is 4.75. The Hall–Kier alpha value is -2.42. The minimum atomic E-state index is -0.940. The molecule has 1 aromatic carbocycles. The zero-order chi connectivity index (χ0) is 15.8. The first-order valence-corrected chi connectivity index (χ1v) is 6.77. The monoisotopic (exact) mass is 284 g/mol. The van der Waals surface area contributed by atoms with Crippen LogP contribution in [0.15, 0.2) is 67.3 Å². The summed E-state index contributed by atoms with van der Waals surface area (Å²) < 4.78 is 0. The molecule has 3 heteroatoms. The lowest BCUT2D eigenvalue weighted by Gasteiger charge is -2.22. The van der Waals surface area contributed by atoms with Crippen molar-refractivity contribution in [3.8, 4) is 0 Å². The van der Waals surface area contributed by atoms with E-state index in [-0.39, 0.29) is 12.2 Å². The molecule has 110 valence electrons. The quantitative estimate of drug-likeness (QED) is 0.582. The minimum Gasteiger partial charge on any atom is -0.481 e. The number of hydrogen-bond acceptors (Lipinski definition) is 2. The summed E-state index contributed by atoms with van der Waals surface area (Å²) in [4.78, 5) is 23.6. The number of carbonyl (C=O) groups excluding carboxylic acids is 1. The molecule has 0 saturated carbocycles. The van der Waals surface area contributed by atoms with Gasteiger partial charge in [0.2, 0.25) is 0 Å². The average Bonchev–Trinajstić information content (AvgIpc) is 2.50. The number of rotatable bonds is 8. The predicted octanol–water partition coefficient (Wildman–Crippen LogP) is 3.89. The Labute approximate surface area is 125 Å². The summed E-state index contributed by atoms with van der Waals surface area (Å²) in [5, 5.41) is 9.10. The third-order valence-corrected chi connectivity index (χ3v) is 3.44. The largest absolute Gasteiger partial charge is 0.481 e. The summed E-state index contributed by atoms with van der Waals surface area (Å²) in [6, 6.07) is 8.90. The highest BCUT2D eigenvalue weighted by Crippen LogP contribution is 2.28. The first kappa shape index (κ1) is 16.6. The lowest BCUT2D eigenvalue weighted by molar-refractivity contribution is -0.138. The van der Waals surface area contributed by atoms with Crippen LogP contribution in [-0.4, -0.2) is 16.9 Å². The summed E-state index contributed by atoms with van der Waals surface area (Å²) in [6.45, 7) is 9.07. The molecule has 21 heavy (non-hydrogen) atoms. The van der Waals surface area contributed by atoms with Crippen molar-refractivity contribution in [1.82, 2.24) is 0 Å². The maximum atomic E-state index is 12.5. The summed E-state index contributed by atoms with van der Waals surface area (Å²) in [5.41, 5.74) is 1.30. The molecule has 0 heterocycles. The number of carbonyl (C=O) groups is 2. The van der Waals surface area contributed by atoms with Crippen LogP contribution in [0.2, 0.25) is 0 Å². The number of aliphatic carboxylic acids is 1. The molecule has 0 saturated heterocycles. The van der Waals surface area contributed by atoms with Crippen LogP contribution in [0.1, 0.15) is 23.7 Å². The molecule has 0 bridgehead atoms. The highest BCUT2D eigenvalue weighted by molar-refractivity contribution is 5.98. The van der Waals surface area contributed by atoms with E-state index in [4.69, 9.17) is 5.11 Å². The van der Waals surface area contributed by atoms with Crippen molar-refractivity contribution in [2.75, 3.05) is 0 Å². The molecule has 0 aromatic heterocycles. The third-order valence-electron chi connectivity index (χ3n) is 3.44. The number of allylic oxidation sites excluding steroid dienone is 4. The Morgan fingerprint density at radius 2 is 1.86 bits per heavy atom. The van der Waals surface area contributed by atoms with Gasteiger partial charge >= 0.3 is 5.97 Å². The van der Waals surface area contributed by atoms with Crippen molar-refractivity contribution in [1.29, 1.82) is 0 Å². The second-order valence-electron chi connectivity index (χ2n) is 4.83. The second kappa shape index (κ2) is 8.00. The summed E-state index contributed by atoms with van der Waals surface area (Å²) >= 11 is 0. The van der Waals surface area contributed by atoms with Crippen molar-refractivity contribution in [2.45, 2.75) is 13.3 Å².